The smallest absolute Gasteiger partial charge is 0.343 e. The van der Waals surface area contributed by atoms with Crippen LogP contribution in [0, 0.1) is 11.8 Å². The van der Waals surface area contributed by atoms with Crippen molar-refractivity contribution in [3.8, 4) is 0 Å². The maximum atomic E-state index is 13.9. The van der Waals surface area contributed by atoms with Crippen LogP contribution >= 0.6 is 0 Å². The maximum absolute atomic E-state index is 13.9. The zero-order valence-electron chi connectivity index (χ0n) is 26.0. The molecule has 1 heterocycles. The van der Waals surface area contributed by atoms with Crippen molar-refractivity contribution in [2.24, 2.45) is 11.8 Å². The highest BCUT2D eigenvalue weighted by molar-refractivity contribution is 6.00. The van der Waals surface area contributed by atoms with Crippen LogP contribution in [0.4, 0.5) is 18.9 Å². The van der Waals surface area contributed by atoms with E-state index in [1.54, 1.807) is 31.3 Å². The molecule has 8 nitrogen and oxygen atoms in total. The number of amides is 4. The number of hydrogen-bond donors (Lipinski definition) is 2. The van der Waals surface area contributed by atoms with Crippen molar-refractivity contribution in [1.82, 2.24) is 15.1 Å². The van der Waals surface area contributed by atoms with Gasteiger partial charge in [0, 0.05) is 19.3 Å². The van der Waals surface area contributed by atoms with Crippen molar-refractivity contribution in [2.75, 3.05) is 25.5 Å². The number of para-hydroxylation sites is 1. The van der Waals surface area contributed by atoms with Gasteiger partial charge in [-0.15, -0.1) is 0 Å². The highest BCUT2D eigenvalue weighted by atomic mass is 19.4. The number of hydrogen-bond acceptors (Lipinski definition) is 4. The number of halogens is 3. The lowest BCUT2D eigenvalue weighted by Crippen LogP contribution is -2.57. The van der Waals surface area contributed by atoms with Gasteiger partial charge in [0.25, 0.3) is 0 Å². The first-order valence-electron chi connectivity index (χ1n) is 15.1. The van der Waals surface area contributed by atoms with Crippen molar-refractivity contribution in [2.45, 2.75) is 78.1 Å². The molecule has 3 rings (SSSR count). The first-order chi connectivity index (χ1) is 20.7. The molecule has 4 amide bonds. The van der Waals surface area contributed by atoms with E-state index in [-0.39, 0.29) is 43.7 Å². The first-order valence-corrected chi connectivity index (χ1v) is 15.1. The normalized spacial score (nSPS) is 19.1. The van der Waals surface area contributed by atoms with E-state index >= 15 is 0 Å². The highest BCUT2D eigenvalue weighted by Gasteiger charge is 2.37. The molecule has 0 saturated heterocycles. The van der Waals surface area contributed by atoms with Crippen LogP contribution in [0.2, 0.25) is 0 Å². The van der Waals surface area contributed by atoms with Crippen molar-refractivity contribution in [3.05, 3.63) is 65.2 Å². The lowest BCUT2D eigenvalue weighted by atomic mass is 9.91. The van der Waals surface area contributed by atoms with Crippen LogP contribution in [0.5, 0.6) is 0 Å². The summed E-state index contributed by atoms with van der Waals surface area (Å²) in [6.45, 7) is 7.34. The molecule has 240 valence electrons. The summed E-state index contributed by atoms with van der Waals surface area (Å²) >= 11 is 0. The second-order valence-electron chi connectivity index (χ2n) is 11.8. The molecular formula is C33H43F3N4O4. The molecule has 2 aromatic rings. The van der Waals surface area contributed by atoms with Gasteiger partial charge >= 0.3 is 6.18 Å². The van der Waals surface area contributed by atoms with Gasteiger partial charge in [0.2, 0.25) is 23.6 Å². The summed E-state index contributed by atoms with van der Waals surface area (Å²) in [5, 5.41) is 5.73. The van der Waals surface area contributed by atoms with E-state index in [1.807, 2.05) is 27.7 Å². The zero-order valence-corrected chi connectivity index (χ0v) is 26.0. The van der Waals surface area contributed by atoms with Gasteiger partial charge in [-0.3, -0.25) is 19.2 Å². The Morgan fingerprint density at radius 2 is 1.66 bits per heavy atom. The number of benzene rings is 2. The summed E-state index contributed by atoms with van der Waals surface area (Å²) in [6, 6.07) is 9.95. The Labute approximate surface area is 257 Å². The molecule has 2 atom stereocenters. The fourth-order valence-electron chi connectivity index (χ4n) is 5.67. The SMILES string of the molecule is CCC(CC)[C@H]1C(=O)Nc2ccccc2CC(=O)N(CCc2cccc(C(F)(F)F)c2)CC(=O)N[C@@H](CC(C)C)C(=O)N1C. The fraction of sp³-hybridized carbons (Fsp3) is 0.515. The van der Waals surface area contributed by atoms with Gasteiger partial charge in [-0.05, 0) is 47.9 Å². The van der Waals surface area contributed by atoms with Crippen LogP contribution in [0.1, 0.15) is 63.6 Å². The predicted octanol–water partition coefficient (Wildman–Crippen LogP) is 5.07. The van der Waals surface area contributed by atoms with Gasteiger partial charge in [-0.1, -0.05) is 76.9 Å². The topological polar surface area (TPSA) is 98.8 Å². The monoisotopic (exact) mass is 616 g/mol. The average Bonchev–Trinajstić information content (AvgIpc) is 2.96. The number of rotatable bonds is 8. The Morgan fingerprint density at radius 3 is 2.30 bits per heavy atom. The molecule has 0 aromatic heterocycles. The van der Waals surface area contributed by atoms with Gasteiger partial charge in [0.1, 0.15) is 12.1 Å². The Bertz CT molecular complexity index is 1330. The summed E-state index contributed by atoms with van der Waals surface area (Å²) in [7, 11) is 1.58. The van der Waals surface area contributed by atoms with Gasteiger partial charge < -0.3 is 20.4 Å². The van der Waals surface area contributed by atoms with Gasteiger partial charge in [0.15, 0.2) is 0 Å². The minimum Gasteiger partial charge on any atom is -0.343 e. The molecule has 0 spiro atoms. The summed E-state index contributed by atoms with van der Waals surface area (Å²) in [5.41, 5.74) is 0.501. The van der Waals surface area contributed by atoms with E-state index in [0.717, 1.165) is 12.1 Å². The van der Waals surface area contributed by atoms with Gasteiger partial charge in [0.05, 0.1) is 18.5 Å². The zero-order chi connectivity index (χ0) is 32.6. The van der Waals surface area contributed by atoms with Crippen molar-refractivity contribution in [3.63, 3.8) is 0 Å². The summed E-state index contributed by atoms with van der Waals surface area (Å²) in [5.74, 6) is -1.92. The lowest BCUT2D eigenvalue weighted by Gasteiger charge is -2.36. The molecule has 1 aliphatic rings. The van der Waals surface area contributed by atoms with Crippen molar-refractivity contribution < 1.29 is 32.3 Å². The number of fused-ring (bicyclic) bond motifs is 1. The third kappa shape index (κ3) is 9.06. The van der Waals surface area contributed by atoms with E-state index < -0.39 is 41.5 Å². The van der Waals surface area contributed by atoms with E-state index in [0.29, 0.717) is 36.1 Å². The van der Waals surface area contributed by atoms with E-state index in [1.165, 1.54) is 21.9 Å². The van der Waals surface area contributed by atoms with Crippen LogP contribution < -0.4 is 10.6 Å². The van der Waals surface area contributed by atoms with Crippen LogP contribution in [0.3, 0.4) is 0 Å². The van der Waals surface area contributed by atoms with Crippen molar-refractivity contribution >= 4 is 29.3 Å². The first kappa shape index (κ1) is 34.6. The molecule has 0 saturated carbocycles. The summed E-state index contributed by atoms with van der Waals surface area (Å²) in [6.07, 6.45) is -2.97. The van der Waals surface area contributed by atoms with E-state index in [9.17, 15) is 32.3 Å². The highest BCUT2D eigenvalue weighted by Crippen LogP contribution is 2.30. The standard InChI is InChI=1S/C33H43F3N4O4/c1-6-23(7-2)30-31(43)38-26-14-9-8-12-24(26)19-29(42)40(16-15-22-11-10-13-25(18-22)33(34,35)36)20-28(41)37-27(17-21(3)4)32(44)39(30)5/h8-14,18,21,23,27,30H,6-7,15-17,19-20H2,1-5H3,(H,37,41)(H,38,43)/t27-,30-/m0/s1. The largest absolute Gasteiger partial charge is 0.416 e. The molecule has 0 aliphatic carbocycles. The molecule has 1 aliphatic heterocycles. The molecule has 0 unspecified atom stereocenters. The molecule has 2 N–H and O–H groups in total. The molecule has 0 fully saturated rings. The fourth-order valence-corrected chi connectivity index (χ4v) is 5.67. The molecule has 2 aromatic carbocycles. The average molecular weight is 617 g/mol. The van der Waals surface area contributed by atoms with Gasteiger partial charge in [-0.25, -0.2) is 0 Å². The molecule has 44 heavy (non-hydrogen) atoms. The summed E-state index contributed by atoms with van der Waals surface area (Å²) < 4.78 is 39.8. The number of likely N-dealkylation sites (N-methyl/N-ethyl adjacent to an activating group) is 1. The minimum atomic E-state index is -4.51. The predicted molar refractivity (Wildman–Crippen MR) is 163 cm³/mol. The number of alkyl halides is 3. The number of carbonyl (C=O) groups is 4. The van der Waals surface area contributed by atoms with Crippen LogP contribution in [0.15, 0.2) is 48.5 Å². The van der Waals surface area contributed by atoms with Crippen molar-refractivity contribution in [1.29, 1.82) is 0 Å². The van der Waals surface area contributed by atoms with Gasteiger partial charge in [-0.2, -0.15) is 13.2 Å². The minimum absolute atomic E-state index is 0.0262. The second kappa shape index (κ2) is 15.2. The Hall–Kier alpha value is -3.89. The van der Waals surface area contributed by atoms with Crippen LogP contribution in [-0.2, 0) is 38.2 Å². The second-order valence-corrected chi connectivity index (χ2v) is 11.8. The molecular weight excluding hydrogens is 573 g/mol. The Balaban J connectivity index is 2.01. The quantitative estimate of drug-likeness (QED) is 0.433. The summed E-state index contributed by atoms with van der Waals surface area (Å²) in [4.78, 5) is 57.4. The number of carbonyl (C=O) groups excluding carboxylic acids is 4. The Morgan fingerprint density at radius 1 is 0.977 bits per heavy atom. The Kier molecular flexibility index (Phi) is 12.0. The van der Waals surface area contributed by atoms with Crippen LogP contribution in [0.25, 0.3) is 0 Å². The lowest BCUT2D eigenvalue weighted by molar-refractivity contribution is -0.143. The molecule has 0 bridgehead atoms. The number of nitrogens with one attached hydrogen (secondary N) is 2. The number of nitrogens with zero attached hydrogens (tertiary/aromatic N) is 2. The third-order valence-electron chi connectivity index (χ3n) is 8.10. The molecule has 11 heteroatoms. The number of anilines is 1. The van der Waals surface area contributed by atoms with Crippen LogP contribution in [-0.4, -0.2) is 65.6 Å². The third-order valence-corrected chi connectivity index (χ3v) is 8.10. The maximum Gasteiger partial charge on any atom is 0.416 e. The van der Waals surface area contributed by atoms with E-state index in [2.05, 4.69) is 10.6 Å². The molecule has 0 radical (unpaired) electrons. The van der Waals surface area contributed by atoms with E-state index in [4.69, 9.17) is 0 Å².